The maximum atomic E-state index is 11.9. The van der Waals surface area contributed by atoms with Crippen LogP contribution in [0.25, 0.3) is 0 Å². The van der Waals surface area contributed by atoms with E-state index in [1.54, 1.807) is 6.92 Å². The normalized spacial score (nSPS) is 20.7. The number of nitrogens with zero attached hydrogens (tertiary/aromatic N) is 1. The summed E-state index contributed by atoms with van der Waals surface area (Å²) in [6.45, 7) is 2.77. The number of hydrogen-bond donors (Lipinski definition) is 3. The number of primary amides is 1. The van der Waals surface area contributed by atoms with Crippen molar-refractivity contribution in [1.29, 1.82) is 0 Å². The van der Waals surface area contributed by atoms with Crippen molar-refractivity contribution in [2.75, 3.05) is 19.6 Å². The third-order valence-electron chi connectivity index (χ3n) is 3.47. The molecule has 7 nitrogen and oxygen atoms in total. The van der Waals surface area contributed by atoms with Crippen LogP contribution < -0.4 is 11.1 Å². The Bertz CT molecular complexity index is 359. The zero-order chi connectivity index (χ0) is 14.4. The molecule has 0 aromatic heterocycles. The number of carboxylic acids is 1. The van der Waals surface area contributed by atoms with E-state index in [0.29, 0.717) is 25.9 Å². The topological polar surface area (TPSA) is 113 Å². The number of likely N-dealkylation sites (tertiary alicyclic amines) is 1. The minimum atomic E-state index is -0.912. The van der Waals surface area contributed by atoms with Gasteiger partial charge in [0.1, 0.15) is 0 Å². The van der Waals surface area contributed by atoms with Crippen molar-refractivity contribution < 1.29 is 19.5 Å². The minimum absolute atomic E-state index is 0.123. The van der Waals surface area contributed by atoms with Crippen molar-refractivity contribution in [3.05, 3.63) is 0 Å². The second-order valence-electron chi connectivity index (χ2n) is 4.81. The molecular weight excluding hydrogens is 250 g/mol. The number of nitrogens with two attached hydrogens (primary N) is 1. The lowest BCUT2D eigenvalue weighted by Gasteiger charge is -2.30. The summed E-state index contributed by atoms with van der Waals surface area (Å²) in [6, 6.07) is -0.519. The highest BCUT2D eigenvalue weighted by Crippen LogP contribution is 2.16. The van der Waals surface area contributed by atoms with E-state index in [1.807, 2.05) is 0 Å². The molecule has 0 radical (unpaired) electrons. The molecule has 2 unspecified atom stereocenters. The second-order valence-corrected chi connectivity index (χ2v) is 4.81. The van der Waals surface area contributed by atoms with Gasteiger partial charge in [-0.15, -0.1) is 0 Å². The van der Waals surface area contributed by atoms with Crippen LogP contribution >= 0.6 is 0 Å². The molecule has 1 aliphatic rings. The first kappa shape index (κ1) is 15.3. The Labute approximate surface area is 112 Å². The standard InChI is InChI=1S/C12H21N3O4/c1-2-8(11(17)18)6-14-10(16)9-4-3-5-15(7-9)12(13)19/h8-9H,2-7H2,1H3,(H2,13,19)(H,14,16)(H,17,18). The number of carbonyl (C=O) groups excluding carboxylic acids is 2. The monoisotopic (exact) mass is 271 g/mol. The summed E-state index contributed by atoms with van der Waals surface area (Å²) in [5, 5.41) is 11.5. The molecule has 4 N–H and O–H groups in total. The van der Waals surface area contributed by atoms with E-state index in [9.17, 15) is 14.4 Å². The average Bonchev–Trinajstić information content (AvgIpc) is 2.38. The highest BCUT2D eigenvalue weighted by molar-refractivity contribution is 5.81. The number of amides is 3. The van der Waals surface area contributed by atoms with E-state index in [0.717, 1.165) is 6.42 Å². The van der Waals surface area contributed by atoms with Gasteiger partial charge in [0.05, 0.1) is 11.8 Å². The van der Waals surface area contributed by atoms with E-state index >= 15 is 0 Å². The van der Waals surface area contributed by atoms with Crippen LogP contribution in [-0.2, 0) is 9.59 Å². The summed E-state index contributed by atoms with van der Waals surface area (Å²) in [7, 11) is 0. The van der Waals surface area contributed by atoms with Crippen molar-refractivity contribution >= 4 is 17.9 Å². The third kappa shape index (κ3) is 4.42. The summed E-state index contributed by atoms with van der Waals surface area (Å²) < 4.78 is 0. The maximum Gasteiger partial charge on any atom is 0.314 e. The van der Waals surface area contributed by atoms with E-state index in [-0.39, 0.29) is 18.4 Å². The molecule has 1 aliphatic heterocycles. The lowest BCUT2D eigenvalue weighted by Crippen LogP contribution is -2.48. The van der Waals surface area contributed by atoms with Crippen LogP contribution in [0.4, 0.5) is 4.79 Å². The molecule has 0 bridgehead atoms. The van der Waals surface area contributed by atoms with Crippen LogP contribution in [0.1, 0.15) is 26.2 Å². The molecule has 0 aromatic carbocycles. The molecule has 3 amide bonds. The Morgan fingerprint density at radius 1 is 1.47 bits per heavy atom. The van der Waals surface area contributed by atoms with Gasteiger partial charge in [-0.2, -0.15) is 0 Å². The molecule has 0 spiro atoms. The molecule has 108 valence electrons. The van der Waals surface area contributed by atoms with E-state index in [2.05, 4.69) is 5.32 Å². The minimum Gasteiger partial charge on any atom is -0.481 e. The highest BCUT2D eigenvalue weighted by Gasteiger charge is 2.28. The predicted molar refractivity (Wildman–Crippen MR) is 68.3 cm³/mol. The molecule has 0 aromatic rings. The largest absolute Gasteiger partial charge is 0.481 e. The second kappa shape index (κ2) is 6.96. The van der Waals surface area contributed by atoms with Crippen molar-refractivity contribution in [2.45, 2.75) is 26.2 Å². The van der Waals surface area contributed by atoms with Gasteiger partial charge in [-0.3, -0.25) is 9.59 Å². The van der Waals surface area contributed by atoms with Gasteiger partial charge < -0.3 is 21.1 Å². The molecule has 7 heteroatoms. The number of piperidine rings is 1. The predicted octanol–water partition coefficient (Wildman–Crippen LogP) is 0.00410. The van der Waals surface area contributed by atoms with Crippen LogP contribution in [0.3, 0.4) is 0 Å². The number of aliphatic carboxylic acids is 1. The molecule has 2 atom stereocenters. The quantitative estimate of drug-likeness (QED) is 0.653. The van der Waals surface area contributed by atoms with E-state index in [1.165, 1.54) is 4.90 Å². The third-order valence-corrected chi connectivity index (χ3v) is 3.47. The van der Waals surface area contributed by atoms with E-state index < -0.39 is 17.9 Å². The van der Waals surface area contributed by atoms with Crippen molar-refractivity contribution in [3.8, 4) is 0 Å². The molecule has 1 fully saturated rings. The maximum absolute atomic E-state index is 11.9. The molecule has 19 heavy (non-hydrogen) atoms. The number of nitrogens with one attached hydrogen (secondary N) is 1. The molecule has 0 aliphatic carbocycles. The summed E-state index contributed by atoms with van der Waals surface area (Å²) in [5.41, 5.74) is 5.19. The summed E-state index contributed by atoms with van der Waals surface area (Å²) in [4.78, 5) is 35.3. The average molecular weight is 271 g/mol. The summed E-state index contributed by atoms with van der Waals surface area (Å²) in [5.74, 6) is -1.98. The molecule has 0 saturated carbocycles. The molecule has 1 saturated heterocycles. The Hall–Kier alpha value is -1.79. The van der Waals surface area contributed by atoms with Gasteiger partial charge in [0.15, 0.2) is 0 Å². The Morgan fingerprint density at radius 2 is 2.16 bits per heavy atom. The van der Waals surface area contributed by atoms with Crippen LogP contribution in [-0.4, -0.2) is 47.5 Å². The fourth-order valence-corrected chi connectivity index (χ4v) is 2.17. The first-order valence-electron chi connectivity index (χ1n) is 6.50. The van der Waals surface area contributed by atoms with Gasteiger partial charge >= 0.3 is 12.0 Å². The first-order chi connectivity index (χ1) is 8.95. The van der Waals surface area contributed by atoms with Crippen LogP contribution in [0.5, 0.6) is 0 Å². The van der Waals surface area contributed by atoms with Crippen molar-refractivity contribution in [3.63, 3.8) is 0 Å². The Balaban J connectivity index is 2.44. The van der Waals surface area contributed by atoms with Gasteiger partial charge in [-0.25, -0.2) is 4.79 Å². The van der Waals surface area contributed by atoms with Crippen LogP contribution in [0.15, 0.2) is 0 Å². The smallest absolute Gasteiger partial charge is 0.314 e. The van der Waals surface area contributed by atoms with Crippen molar-refractivity contribution in [1.82, 2.24) is 10.2 Å². The number of hydrogen-bond acceptors (Lipinski definition) is 3. The summed E-state index contributed by atoms with van der Waals surface area (Å²) in [6.07, 6.45) is 1.89. The molecule has 1 heterocycles. The Kier molecular flexibility index (Phi) is 5.59. The molecule has 1 rings (SSSR count). The van der Waals surface area contributed by atoms with Crippen LogP contribution in [0.2, 0.25) is 0 Å². The van der Waals surface area contributed by atoms with Crippen molar-refractivity contribution in [2.24, 2.45) is 17.6 Å². The van der Waals surface area contributed by atoms with Gasteiger partial charge in [0.25, 0.3) is 0 Å². The first-order valence-corrected chi connectivity index (χ1v) is 6.50. The summed E-state index contributed by atoms with van der Waals surface area (Å²) >= 11 is 0. The van der Waals surface area contributed by atoms with Gasteiger partial charge in [-0.1, -0.05) is 6.92 Å². The Morgan fingerprint density at radius 3 is 2.68 bits per heavy atom. The molecular formula is C12H21N3O4. The zero-order valence-corrected chi connectivity index (χ0v) is 11.1. The van der Waals surface area contributed by atoms with Crippen LogP contribution in [0, 0.1) is 11.8 Å². The SMILES string of the molecule is CCC(CNC(=O)C1CCCN(C(N)=O)C1)C(=O)O. The lowest BCUT2D eigenvalue weighted by atomic mass is 9.97. The highest BCUT2D eigenvalue weighted by atomic mass is 16.4. The van der Waals surface area contributed by atoms with Gasteiger partial charge in [-0.05, 0) is 19.3 Å². The number of carbonyl (C=O) groups is 3. The fourth-order valence-electron chi connectivity index (χ4n) is 2.17. The number of carboxylic acid groups (broad SMARTS) is 1. The lowest BCUT2D eigenvalue weighted by molar-refractivity contribution is -0.141. The fraction of sp³-hybridized carbons (Fsp3) is 0.750. The zero-order valence-electron chi connectivity index (χ0n) is 11.1. The van der Waals surface area contributed by atoms with Gasteiger partial charge in [0.2, 0.25) is 5.91 Å². The van der Waals surface area contributed by atoms with Gasteiger partial charge in [0, 0.05) is 19.6 Å². The van der Waals surface area contributed by atoms with E-state index in [4.69, 9.17) is 10.8 Å². The number of rotatable bonds is 5. The number of urea groups is 1.